The maximum atomic E-state index is 14.8. The van der Waals surface area contributed by atoms with Crippen molar-refractivity contribution in [2.75, 3.05) is 20.1 Å². The summed E-state index contributed by atoms with van der Waals surface area (Å²) in [5, 5.41) is 9.19. The third-order valence-electron chi connectivity index (χ3n) is 10.9. The molecule has 346 valence electrons. The number of Topliss-reactive ketones (excluding diaryl/α,β-unsaturated/α-hetero) is 3. The van der Waals surface area contributed by atoms with Crippen molar-refractivity contribution in [2.45, 2.75) is 130 Å². The first-order chi connectivity index (χ1) is 30.3. The van der Waals surface area contributed by atoms with Crippen molar-refractivity contribution in [3.63, 3.8) is 0 Å². The zero-order chi connectivity index (χ0) is 47.6. The molecular weight excluding hydrogens is 811 g/mol. The summed E-state index contributed by atoms with van der Waals surface area (Å²) in [6.07, 6.45) is 9.97. The Balaban J connectivity index is 2.01. The number of ether oxygens (including phenoxy) is 1. The molecule has 5 atom stereocenters. The largest absolute Gasteiger partial charge is 0.443 e. The van der Waals surface area contributed by atoms with Gasteiger partial charge in [0.1, 0.15) is 5.60 Å². The summed E-state index contributed by atoms with van der Waals surface area (Å²) in [5.41, 5.74) is 1.10. The number of hydrogen-bond acceptors (Lipinski definition) is 9. The molecule has 0 saturated carbocycles. The fourth-order valence-electron chi connectivity index (χ4n) is 7.33. The van der Waals surface area contributed by atoms with Gasteiger partial charge in [-0.25, -0.2) is 4.79 Å². The van der Waals surface area contributed by atoms with Crippen LogP contribution in [0, 0.1) is 30.1 Å². The Labute approximate surface area is 379 Å². The Morgan fingerprint density at radius 1 is 0.812 bits per heavy atom. The standard InChI is InChI=1S/C51H69N5O8/c1-11-21-40(52-47(60)34(4)5)45(58)29-35(6)48(61)54-42(31-38-33-56(50(63)64-51(7,8)9)43-26-18-17-24-39(38)43)46(59)32-37(30-36-22-15-14-16-23-36)49(62)53-41(44(57)13-3)25-19-20-28-55(10)27-12-2/h1,12,14-18,22-24,26,33-35,37,40-42H,2,13,19-21,25,27-32H2,3-10H3,(H,52,60)(H,53,62)(H,54,61)/t35-,37+,40+,41+,42+/m1/s1. The normalized spacial score (nSPS) is 13.8. The molecule has 0 radical (unpaired) electrons. The lowest BCUT2D eigenvalue weighted by atomic mass is 9.88. The fraction of sp³-hybridized carbons (Fsp3) is 0.510. The Bertz CT molecular complexity index is 2130. The Morgan fingerprint density at radius 3 is 2.06 bits per heavy atom. The van der Waals surface area contributed by atoms with Gasteiger partial charge >= 0.3 is 6.09 Å². The second kappa shape index (κ2) is 25.4. The molecular formula is C51H69N5O8. The molecule has 0 aliphatic carbocycles. The molecule has 13 heteroatoms. The van der Waals surface area contributed by atoms with Gasteiger partial charge in [0.2, 0.25) is 17.7 Å². The van der Waals surface area contributed by atoms with Crippen LogP contribution >= 0.6 is 0 Å². The highest BCUT2D eigenvalue weighted by atomic mass is 16.6. The van der Waals surface area contributed by atoms with E-state index >= 15 is 0 Å². The topological polar surface area (TPSA) is 173 Å². The van der Waals surface area contributed by atoms with Crippen LogP contribution in [0.15, 0.2) is 73.4 Å². The lowest BCUT2D eigenvalue weighted by molar-refractivity contribution is -0.135. The predicted octanol–water partition coefficient (Wildman–Crippen LogP) is 6.78. The summed E-state index contributed by atoms with van der Waals surface area (Å²) in [5.74, 6) is -2.26. The van der Waals surface area contributed by atoms with Crippen LogP contribution in [-0.2, 0) is 46.3 Å². The molecule has 0 aliphatic rings. The van der Waals surface area contributed by atoms with Crippen LogP contribution in [0.25, 0.3) is 10.9 Å². The van der Waals surface area contributed by atoms with Gasteiger partial charge in [0, 0.05) is 68.0 Å². The molecule has 13 nitrogen and oxygen atoms in total. The van der Waals surface area contributed by atoms with E-state index in [0.29, 0.717) is 29.3 Å². The van der Waals surface area contributed by atoms with Crippen molar-refractivity contribution in [1.29, 1.82) is 0 Å². The molecule has 0 saturated heterocycles. The molecule has 0 bridgehead atoms. The number of fused-ring (bicyclic) bond motifs is 1. The van der Waals surface area contributed by atoms with E-state index in [0.717, 1.165) is 25.1 Å². The van der Waals surface area contributed by atoms with Crippen molar-refractivity contribution < 1.29 is 38.3 Å². The number of rotatable bonds is 26. The van der Waals surface area contributed by atoms with E-state index in [4.69, 9.17) is 11.2 Å². The number of carbonyl (C=O) groups is 7. The monoisotopic (exact) mass is 880 g/mol. The maximum absolute atomic E-state index is 14.8. The second-order valence-electron chi connectivity index (χ2n) is 18.0. The minimum Gasteiger partial charge on any atom is -0.443 e. The second-order valence-corrected chi connectivity index (χ2v) is 18.0. The van der Waals surface area contributed by atoms with E-state index < -0.39 is 71.0 Å². The first-order valence-electron chi connectivity index (χ1n) is 22.4. The molecule has 3 rings (SSSR count). The lowest BCUT2D eigenvalue weighted by Gasteiger charge is -2.25. The van der Waals surface area contributed by atoms with Gasteiger partial charge in [0.05, 0.1) is 23.6 Å². The molecule has 0 aliphatic heterocycles. The summed E-state index contributed by atoms with van der Waals surface area (Å²) in [4.78, 5) is 97.8. The van der Waals surface area contributed by atoms with Gasteiger partial charge in [-0.3, -0.25) is 33.3 Å². The van der Waals surface area contributed by atoms with E-state index in [1.54, 1.807) is 78.9 Å². The average Bonchev–Trinajstić information content (AvgIpc) is 3.61. The number of nitrogens with zero attached hydrogens (tertiary/aromatic N) is 2. The summed E-state index contributed by atoms with van der Waals surface area (Å²) >= 11 is 0. The summed E-state index contributed by atoms with van der Waals surface area (Å²) in [7, 11) is 1.99. The zero-order valence-corrected chi connectivity index (χ0v) is 39.0. The van der Waals surface area contributed by atoms with Gasteiger partial charge in [0.15, 0.2) is 17.3 Å². The summed E-state index contributed by atoms with van der Waals surface area (Å²) in [6, 6.07) is 13.4. The van der Waals surface area contributed by atoms with Crippen LogP contribution in [0.1, 0.15) is 105 Å². The Kier molecular flexibility index (Phi) is 20.9. The van der Waals surface area contributed by atoms with Gasteiger partial charge in [-0.15, -0.1) is 18.9 Å². The van der Waals surface area contributed by atoms with Gasteiger partial charge in [-0.1, -0.05) is 82.3 Å². The number of nitrogens with one attached hydrogen (secondary N) is 3. The average molecular weight is 880 g/mol. The van der Waals surface area contributed by atoms with Crippen LogP contribution in [0.4, 0.5) is 4.79 Å². The third kappa shape index (κ3) is 16.7. The quantitative estimate of drug-likeness (QED) is 0.0447. The molecule has 0 unspecified atom stereocenters. The van der Waals surface area contributed by atoms with Crippen LogP contribution in [0.2, 0.25) is 0 Å². The van der Waals surface area contributed by atoms with Crippen molar-refractivity contribution in [2.24, 2.45) is 17.8 Å². The highest BCUT2D eigenvalue weighted by molar-refractivity contribution is 5.98. The predicted molar refractivity (Wildman–Crippen MR) is 250 cm³/mol. The number of amides is 3. The molecule has 1 heterocycles. The molecule has 3 amide bonds. The molecule has 0 spiro atoms. The molecule has 64 heavy (non-hydrogen) atoms. The van der Waals surface area contributed by atoms with Crippen LogP contribution in [0.5, 0.6) is 0 Å². The number of unbranched alkanes of at least 4 members (excludes halogenated alkanes) is 1. The molecule has 2 aromatic carbocycles. The van der Waals surface area contributed by atoms with Crippen molar-refractivity contribution in [3.05, 3.63) is 84.6 Å². The maximum Gasteiger partial charge on any atom is 0.419 e. The van der Waals surface area contributed by atoms with Crippen molar-refractivity contribution in [3.8, 4) is 12.3 Å². The summed E-state index contributed by atoms with van der Waals surface area (Å²) in [6.45, 7) is 17.3. The summed E-state index contributed by atoms with van der Waals surface area (Å²) < 4.78 is 7.06. The van der Waals surface area contributed by atoms with E-state index in [-0.39, 0.29) is 50.2 Å². The smallest absolute Gasteiger partial charge is 0.419 e. The number of terminal acetylenes is 1. The highest BCUT2D eigenvalue weighted by Gasteiger charge is 2.33. The van der Waals surface area contributed by atoms with Gasteiger partial charge in [0.25, 0.3) is 0 Å². The van der Waals surface area contributed by atoms with Crippen LogP contribution in [0.3, 0.4) is 0 Å². The first kappa shape index (κ1) is 52.5. The van der Waals surface area contributed by atoms with Crippen LogP contribution in [-0.4, -0.2) is 94.5 Å². The van der Waals surface area contributed by atoms with Gasteiger partial charge in [-0.2, -0.15) is 0 Å². The fourth-order valence-corrected chi connectivity index (χ4v) is 7.33. The number of carbonyl (C=O) groups excluding carboxylic acids is 7. The molecule has 0 fully saturated rings. The van der Waals surface area contributed by atoms with E-state index in [9.17, 15) is 33.6 Å². The van der Waals surface area contributed by atoms with Crippen molar-refractivity contribution in [1.82, 2.24) is 25.4 Å². The van der Waals surface area contributed by atoms with E-state index in [1.807, 2.05) is 43.5 Å². The first-order valence-corrected chi connectivity index (χ1v) is 22.4. The minimum atomic E-state index is -1.21. The molecule has 3 N–H and O–H groups in total. The molecule has 3 aromatic rings. The molecule has 1 aromatic heterocycles. The van der Waals surface area contributed by atoms with Gasteiger partial charge < -0.3 is 25.6 Å². The highest BCUT2D eigenvalue weighted by Crippen LogP contribution is 2.26. The SMILES string of the molecule is C#CC[C@H](NC(=O)C(C)C)C(=O)C[C@@H](C)C(=O)N[C@@H](Cc1cn(C(=O)OC(C)(C)C)c2ccccc12)C(=O)C[C@H](Cc1ccccc1)C(=O)N[C@@H](CCCCN(C)CC=C)C(=O)CC. The number of hydrogen-bond donors (Lipinski definition) is 3. The Hall–Kier alpha value is -5.87. The van der Waals surface area contributed by atoms with E-state index in [2.05, 4.69) is 33.3 Å². The van der Waals surface area contributed by atoms with E-state index in [1.165, 1.54) is 4.57 Å². The lowest BCUT2D eigenvalue weighted by Crippen LogP contribution is -2.48. The van der Waals surface area contributed by atoms with Crippen molar-refractivity contribution >= 4 is 52.1 Å². The number of aromatic nitrogens is 1. The zero-order valence-electron chi connectivity index (χ0n) is 39.0. The Morgan fingerprint density at radius 2 is 1.44 bits per heavy atom. The third-order valence-corrected chi connectivity index (χ3v) is 10.9. The number of benzene rings is 2. The minimum absolute atomic E-state index is 0.0584. The van der Waals surface area contributed by atoms with Crippen LogP contribution < -0.4 is 16.0 Å². The number of likely N-dealkylation sites (N-methyl/N-ethyl adjacent to an activating group) is 1. The van der Waals surface area contributed by atoms with Gasteiger partial charge in [-0.05, 0) is 77.2 Å². The number of para-hydroxylation sites is 1. The number of ketones is 3.